The van der Waals surface area contributed by atoms with Crippen LogP contribution < -0.4 is 5.32 Å². The molecule has 1 unspecified atom stereocenters. The van der Waals surface area contributed by atoms with E-state index in [0.717, 1.165) is 37.2 Å². The van der Waals surface area contributed by atoms with E-state index in [1.807, 2.05) is 35.2 Å². The van der Waals surface area contributed by atoms with Gasteiger partial charge in [-0.2, -0.15) is 0 Å². The topological polar surface area (TPSA) is 52.6 Å². The van der Waals surface area contributed by atoms with Crippen LogP contribution in [0.15, 0.2) is 54.6 Å². The van der Waals surface area contributed by atoms with E-state index in [4.69, 9.17) is 0 Å². The average molecular weight is 338 g/mol. The molecule has 132 valence electrons. The Morgan fingerprint density at radius 2 is 1.88 bits per heavy atom. The highest BCUT2D eigenvalue weighted by Crippen LogP contribution is 2.21. The molecule has 1 fully saturated rings. The highest BCUT2D eigenvalue weighted by atomic mass is 16.3. The standard InChI is InChI=1S/C21H26N2O2/c1-16-6-5-9-19(14-16)22-18-10-12-23(13-11-18)21(25)15-20(24)17-7-3-2-4-8-17/h2-9,14,18,20,22,24H,10-13,15H2,1H3. The molecule has 0 bridgehead atoms. The number of nitrogens with one attached hydrogen (secondary N) is 1. The normalized spacial score (nSPS) is 16.5. The van der Waals surface area contributed by atoms with Crippen molar-refractivity contribution in [3.8, 4) is 0 Å². The Bertz CT molecular complexity index is 694. The number of likely N-dealkylation sites (tertiary alicyclic amines) is 1. The smallest absolute Gasteiger partial charge is 0.225 e. The molecule has 0 spiro atoms. The zero-order valence-corrected chi connectivity index (χ0v) is 14.7. The summed E-state index contributed by atoms with van der Waals surface area (Å²) in [7, 11) is 0. The fraction of sp³-hybridized carbons (Fsp3) is 0.381. The van der Waals surface area contributed by atoms with Gasteiger partial charge in [0, 0.05) is 24.8 Å². The van der Waals surface area contributed by atoms with Gasteiger partial charge in [0.25, 0.3) is 0 Å². The summed E-state index contributed by atoms with van der Waals surface area (Å²) >= 11 is 0. The third kappa shape index (κ3) is 4.83. The number of aliphatic hydroxyl groups is 1. The van der Waals surface area contributed by atoms with Gasteiger partial charge < -0.3 is 15.3 Å². The molecule has 0 aromatic heterocycles. The number of anilines is 1. The monoisotopic (exact) mass is 338 g/mol. The van der Waals surface area contributed by atoms with E-state index in [9.17, 15) is 9.90 Å². The lowest BCUT2D eigenvalue weighted by Gasteiger charge is -2.33. The quantitative estimate of drug-likeness (QED) is 0.877. The molecule has 25 heavy (non-hydrogen) atoms. The van der Waals surface area contributed by atoms with E-state index in [1.165, 1.54) is 5.56 Å². The number of piperidine rings is 1. The van der Waals surface area contributed by atoms with Crippen LogP contribution in [-0.4, -0.2) is 35.0 Å². The van der Waals surface area contributed by atoms with Gasteiger partial charge in [-0.05, 0) is 43.0 Å². The lowest BCUT2D eigenvalue weighted by Crippen LogP contribution is -2.42. The van der Waals surface area contributed by atoms with Gasteiger partial charge in [-0.25, -0.2) is 0 Å². The lowest BCUT2D eigenvalue weighted by atomic mass is 10.0. The van der Waals surface area contributed by atoms with Crippen LogP contribution in [0.5, 0.6) is 0 Å². The number of rotatable bonds is 5. The summed E-state index contributed by atoms with van der Waals surface area (Å²) in [5.74, 6) is 0.0327. The van der Waals surface area contributed by atoms with E-state index < -0.39 is 6.10 Å². The summed E-state index contributed by atoms with van der Waals surface area (Å²) in [4.78, 5) is 14.3. The van der Waals surface area contributed by atoms with Crippen LogP contribution in [0.2, 0.25) is 0 Å². The molecule has 1 heterocycles. The van der Waals surface area contributed by atoms with E-state index in [-0.39, 0.29) is 12.3 Å². The number of carbonyl (C=O) groups excluding carboxylic acids is 1. The van der Waals surface area contributed by atoms with Crippen LogP contribution in [-0.2, 0) is 4.79 Å². The first-order valence-corrected chi connectivity index (χ1v) is 8.96. The molecule has 1 saturated heterocycles. The number of carbonyl (C=O) groups is 1. The molecular formula is C21H26N2O2. The van der Waals surface area contributed by atoms with Crippen molar-refractivity contribution in [1.29, 1.82) is 0 Å². The Morgan fingerprint density at radius 3 is 2.56 bits per heavy atom. The number of benzene rings is 2. The highest BCUT2D eigenvalue weighted by molar-refractivity contribution is 5.77. The molecular weight excluding hydrogens is 312 g/mol. The summed E-state index contributed by atoms with van der Waals surface area (Å²) in [5.41, 5.74) is 3.18. The summed E-state index contributed by atoms with van der Waals surface area (Å²) in [6, 6.07) is 18.2. The summed E-state index contributed by atoms with van der Waals surface area (Å²) < 4.78 is 0. The van der Waals surface area contributed by atoms with E-state index in [0.29, 0.717) is 6.04 Å². The van der Waals surface area contributed by atoms with Crippen LogP contribution in [0.3, 0.4) is 0 Å². The molecule has 2 N–H and O–H groups in total. The Labute approximate surface area is 149 Å². The first-order valence-electron chi connectivity index (χ1n) is 8.96. The predicted molar refractivity (Wildman–Crippen MR) is 100 cm³/mol. The molecule has 3 rings (SSSR count). The molecule has 0 aliphatic carbocycles. The van der Waals surface area contributed by atoms with Gasteiger partial charge in [-0.15, -0.1) is 0 Å². The fourth-order valence-electron chi connectivity index (χ4n) is 3.33. The van der Waals surface area contributed by atoms with Crippen LogP contribution >= 0.6 is 0 Å². The van der Waals surface area contributed by atoms with E-state index in [2.05, 4.69) is 36.5 Å². The van der Waals surface area contributed by atoms with Crippen molar-refractivity contribution in [3.63, 3.8) is 0 Å². The summed E-state index contributed by atoms with van der Waals surface area (Å²) in [6.45, 7) is 3.57. The molecule has 1 atom stereocenters. The minimum Gasteiger partial charge on any atom is -0.388 e. The fourth-order valence-corrected chi connectivity index (χ4v) is 3.33. The van der Waals surface area contributed by atoms with Gasteiger partial charge in [0.1, 0.15) is 0 Å². The number of amides is 1. The lowest BCUT2D eigenvalue weighted by molar-refractivity contribution is -0.134. The molecule has 1 aliphatic rings. The van der Waals surface area contributed by atoms with E-state index in [1.54, 1.807) is 0 Å². The molecule has 1 aliphatic heterocycles. The molecule has 2 aromatic rings. The molecule has 0 radical (unpaired) electrons. The Hall–Kier alpha value is -2.33. The summed E-state index contributed by atoms with van der Waals surface area (Å²) in [5, 5.41) is 13.8. The molecule has 4 heteroatoms. The van der Waals surface area contributed by atoms with Crippen molar-refractivity contribution in [2.45, 2.75) is 38.3 Å². The van der Waals surface area contributed by atoms with E-state index >= 15 is 0 Å². The van der Waals surface area contributed by atoms with Crippen LogP contribution in [0.4, 0.5) is 5.69 Å². The number of aliphatic hydroxyl groups excluding tert-OH is 1. The zero-order valence-electron chi connectivity index (χ0n) is 14.7. The Morgan fingerprint density at radius 1 is 1.16 bits per heavy atom. The van der Waals surface area contributed by atoms with Crippen molar-refractivity contribution in [2.75, 3.05) is 18.4 Å². The van der Waals surface area contributed by atoms with Crippen molar-refractivity contribution in [1.82, 2.24) is 4.90 Å². The maximum atomic E-state index is 12.4. The molecule has 0 saturated carbocycles. The number of aryl methyl sites for hydroxylation is 1. The second-order valence-electron chi connectivity index (χ2n) is 6.80. The molecule has 1 amide bonds. The highest BCUT2D eigenvalue weighted by Gasteiger charge is 2.24. The van der Waals surface area contributed by atoms with Gasteiger partial charge >= 0.3 is 0 Å². The van der Waals surface area contributed by atoms with Crippen LogP contribution in [0.25, 0.3) is 0 Å². The van der Waals surface area contributed by atoms with Gasteiger partial charge in [-0.3, -0.25) is 4.79 Å². The van der Waals surface area contributed by atoms with Crippen molar-refractivity contribution in [3.05, 3.63) is 65.7 Å². The zero-order chi connectivity index (χ0) is 17.6. The number of hydrogen-bond donors (Lipinski definition) is 2. The van der Waals surface area contributed by atoms with Crippen LogP contribution in [0, 0.1) is 6.92 Å². The minimum atomic E-state index is -0.725. The maximum Gasteiger partial charge on any atom is 0.225 e. The van der Waals surface area contributed by atoms with Crippen LogP contribution in [0.1, 0.15) is 36.5 Å². The molecule has 4 nitrogen and oxygen atoms in total. The third-order valence-corrected chi connectivity index (χ3v) is 4.79. The van der Waals surface area contributed by atoms with Gasteiger partial charge in [0.15, 0.2) is 0 Å². The first kappa shape index (κ1) is 17.5. The Kier molecular flexibility index (Phi) is 5.71. The van der Waals surface area contributed by atoms with Gasteiger partial charge in [-0.1, -0.05) is 42.5 Å². The third-order valence-electron chi connectivity index (χ3n) is 4.79. The maximum absolute atomic E-state index is 12.4. The Balaban J connectivity index is 1.47. The largest absolute Gasteiger partial charge is 0.388 e. The summed E-state index contributed by atoms with van der Waals surface area (Å²) in [6.07, 6.45) is 1.29. The first-order chi connectivity index (χ1) is 12.1. The minimum absolute atomic E-state index is 0.0327. The second kappa shape index (κ2) is 8.17. The second-order valence-corrected chi connectivity index (χ2v) is 6.80. The van der Waals surface area contributed by atoms with Crippen molar-refractivity contribution >= 4 is 11.6 Å². The SMILES string of the molecule is Cc1cccc(NC2CCN(C(=O)CC(O)c3ccccc3)CC2)c1. The predicted octanol–water partition coefficient (Wildman–Crippen LogP) is 3.52. The average Bonchev–Trinajstić information content (AvgIpc) is 2.63. The molecule has 2 aromatic carbocycles. The number of hydrogen-bond acceptors (Lipinski definition) is 3. The number of nitrogens with zero attached hydrogens (tertiary/aromatic N) is 1. The van der Waals surface area contributed by atoms with Gasteiger partial charge in [0.2, 0.25) is 5.91 Å². The van der Waals surface area contributed by atoms with Gasteiger partial charge in [0.05, 0.1) is 12.5 Å². The van der Waals surface area contributed by atoms with Crippen molar-refractivity contribution in [2.24, 2.45) is 0 Å². The van der Waals surface area contributed by atoms with Crippen molar-refractivity contribution < 1.29 is 9.90 Å².